The molecule has 1 nitrogen and oxygen atoms in total. The Balaban J connectivity index is 1.97. The summed E-state index contributed by atoms with van der Waals surface area (Å²) in [5.41, 5.74) is 1.33. The molecule has 0 aliphatic carbocycles. The van der Waals surface area contributed by atoms with Crippen LogP contribution in [-0.2, 0) is 0 Å². The van der Waals surface area contributed by atoms with E-state index in [0.717, 1.165) is 6.54 Å². The van der Waals surface area contributed by atoms with Crippen LogP contribution in [0.3, 0.4) is 0 Å². The third-order valence-corrected chi connectivity index (χ3v) is 4.25. The molecule has 94 valence electrons. The minimum atomic E-state index is 0.627. The van der Waals surface area contributed by atoms with Gasteiger partial charge < -0.3 is 4.90 Å². The quantitative estimate of drug-likeness (QED) is 0.775. The van der Waals surface area contributed by atoms with Crippen LogP contribution in [0, 0.1) is 0 Å². The maximum absolute atomic E-state index is 6.07. The Morgan fingerprint density at radius 1 is 1.29 bits per heavy atom. The summed E-state index contributed by atoms with van der Waals surface area (Å²) in [6, 6.07) is 6.05. The third-order valence-electron chi connectivity index (χ3n) is 3.52. The lowest BCUT2D eigenvalue weighted by Gasteiger charge is -2.15. The van der Waals surface area contributed by atoms with Crippen LogP contribution in [-0.4, -0.2) is 24.5 Å². The van der Waals surface area contributed by atoms with Gasteiger partial charge in [0.1, 0.15) is 0 Å². The first kappa shape index (κ1) is 13.2. The van der Waals surface area contributed by atoms with E-state index in [1.54, 1.807) is 0 Å². The average Bonchev–Trinajstić information content (AvgIpc) is 2.79. The van der Waals surface area contributed by atoms with E-state index in [1.807, 2.05) is 12.1 Å². The molecule has 1 saturated heterocycles. The largest absolute Gasteiger partial charge is 0.303 e. The Morgan fingerprint density at radius 3 is 2.82 bits per heavy atom. The highest BCUT2D eigenvalue weighted by atomic mass is 35.5. The van der Waals surface area contributed by atoms with Crippen LogP contribution in [0.25, 0.3) is 0 Å². The highest BCUT2D eigenvalue weighted by Gasteiger charge is 2.23. The first-order valence-electron chi connectivity index (χ1n) is 6.38. The van der Waals surface area contributed by atoms with Crippen molar-refractivity contribution in [1.82, 2.24) is 4.90 Å². The number of benzene rings is 1. The average molecular weight is 272 g/mol. The molecule has 0 saturated carbocycles. The van der Waals surface area contributed by atoms with Gasteiger partial charge in [-0.1, -0.05) is 42.6 Å². The molecule has 1 fully saturated rings. The smallest absolute Gasteiger partial charge is 0.0595 e. The van der Waals surface area contributed by atoms with Gasteiger partial charge in [-0.05, 0) is 49.5 Å². The maximum Gasteiger partial charge on any atom is 0.0595 e. The van der Waals surface area contributed by atoms with E-state index in [1.165, 1.54) is 37.9 Å². The predicted molar refractivity (Wildman–Crippen MR) is 75.2 cm³/mol. The van der Waals surface area contributed by atoms with Crippen LogP contribution in [0.1, 0.15) is 37.7 Å². The van der Waals surface area contributed by atoms with Crippen LogP contribution in [0.5, 0.6) is 0 Å². The molecule has 0 amide bonds. The molecule has 3 heteroatoms. The molecule has 1 aromatic carbocycles. The normalized spacial score (nSPS) is 21.0. The molecule has 1 aliphatic heterocycles. The second-order valence-corrected chi connectivity index (χ2v) is 5.63. The molecule has 17 heavy (non-hydrogen) atoms. The van der Waals surface area contributed by atoms with Crippen LogP contribution >= 0.6 is 23.2 Å². The first-order valence-corrected chi connectivity index (χ1v) is 7.13. The molecule has 1 unspecified atom stereocenters. The van der Waals surface area contributed by atoms with Gasteiger partial charge in [-0.3, -0.25) is 0 Å². The van der Waals surface area contributed by atoms with E-state index in [0.29, 0.717) is 16.0 Å². The van der Waals surface area contributed by atoms with Gasteiger partial charge in [0.05, 0.1) is 10.0 Å². The van der Waals surface area contributed by atoms with Crippen molar-refractivity contribution in [2.75, 3.05) is 19.6 Å². The zero-order chi connectivity index (χ0) is 12.3. The van der Waals surface area contributed by atoms with E-state index >= 15 is 0 Å². The van der Waals surface area contributed by atoms with E-state index in [2.05, 4.69) is 17.9 Å². The highest BCUT2D eigenvalue weighted by Crippen LogP contribution is 2.31. The van der Waals surface area contributed by atoms with Gasteiger partial charge in [0, 0.05) is 6.54 Å². The highest BCUT2D eigenvalue weighted by molar-refractivity contribution is 6.42. The Morgan fingerprint density at radius 2 is 2.12 bits per heavy atom. The Kier molecular flexibility index (Phi) is 4.72. The van der Waals surface area contributed by atoms with Gasteiger partial charge in [-0.2, -0.15) is 0 Å². The predicted octanol–water partition coefficient (Wildman–Crippen LogP) is 4.58. The molecule has 1 atom stereocenters. The molecule has 0 N–H and O–H groups in total. The Labute approximate surface area is 114 Å². The SMILES string of the molecule is CCCCN1CCC(c2ccc(Cl)c(Cl)c2)C1. The summed E-state index contributed by atoms with van der Waals surface area (Å²) in [6.07, 6.45) is 3.81. The van der Waals surface area contributed by atoms with Gasteiger partial charge in [-0.25, -0.2) is 0 Å². The standard InChI is InChI=1S/C14H19Cl2N/c1-2-3-7-17-8-6-12(10-17)11-4-5-13(15)14(16)9-11/h4-5,9,12H,2-3,6-8,10H2,1H3. The summed E-state index contributed by atoms with van der Waals surface area (Å²) in [5.74, 6) is 0.627. The molecular weight excluding hydrogens is 253 g/mol. The minimum absolute atomic E-state index is 0.627. The molecule has 1 aliphatic rings. The molecule has 2 rings (SSSR count). The Hall–Kier alpha value is -0.240. The van der Waals surface area contributed by atoms with Gasteiger partial charge in [-0.15, -0.1) is 0 Å². The van der Waals surface area contributed by atoms with Gasteiger partial charge >= 0.3 is 0 Å². The number of hydrogen-bond donors (Lipinski definition) is 0. The monoisotopic (exact) mass is 271 g/mol. The van der Waals surface area contributed by atoms with Crippen LogP contribution in [0.15, 0.2) is 18.2 Å². The van der Waals surface area contributed by atoms with Crippen molar-refractivity contribution >= 4 is 23.2 Å². The summed E-state index contributed by atoms with van der Waals surface area (Å²) in [7, 11) is 0. The van der Waals surface area contributed by atoms with E-state index in [9.17, 15) is 0 Å². The van der Waals surface area contributed by atoms with Gasteiger partial charge in [0.2, 0.25) is 0 Å². The summed E-state index contributed by atoms with van der Waals surface area (Å²) in [5, 5.41) is 1.33. The molecule has 0 aromatic heterocycles. The fourth-order valence-corrected chi connectivity index (χ4v) is 2.76. The summed E-state index contributed by atoms with van der Waals surface area (Å²) in [6.45, 7) is 5.85. The fraction of sp³-hybridized carbons (Fsp3) is 0.571. The fourth-order valence-electron chi connectivity index (χ4n) is 2.46. The molecule has 1 heterocycles. The van der Waals surface area contributed by atoms with Crippen molar-refractivity contribution in [3.8, 4) is 0 Å². The lowest BCUT2D eigenvalue weighted by atomic mass is 9.99. The zero-order valence-corrected chi connectivity index (χ0v) is 11.8. The van der Waals surface area contributed by atoms with Crippen LogP contribution in [0.2, 0.25) is 10.0 Å². The molecular formula is C14H19Cl2N. The molecule has 0 radical (unpaired) electrons. The number of rotatable bonds is 4. The first-order chi connectivity index (χ1) is 8.20. The van der Waals surface area contributed by atoms with Crippen molar-refractivity contribution in [3.63, 3.8) is 0 Å². The van der Waals surface area contributed by atoms with Crippen LogP contribution in [0.4, 0.5) is 0 Å². The molecule has 0 bridgehead atoms. The zero-order valence-electron chi connectivity index (χ0n) is 10.3. The van der Waals surface area contributed by atoms with Gasteiger partial charge in [0.15, 0.2) is 0 Å². The topological polar surface area (TPSA) is 3.24 Å². The molecule has 0 spiro atoms. The molecule has 1 aromatic rings. The Bertz CT molecular complexity index is 378. The lowest BCUT2D eigenvalue weighted by Crippen LogP contribution is -2.21. The van der Waals surface area contributed by atoms with Crippen molar-refractivity contribution < 1.29 is 0 Å². The van der Waals surface area contributed by atoms with Crippen molar-refractivity contribution in [2.24, 2.45) is 0 Å². The van der Waals surface area contributed by atoms with Crippen molar-refractivity contribution in [2.45, 2.75) is 32.1 Å². The van der Waals surface area contributed by atoms with E-state index in [4.69, 9.17) is 23.2 Å². The third kappa shape index (κ3) is 3.37. The van der Waals surface area contributed by atoms with Crippen LogP contribution < -0.4 is 0 Å². The number of nitrogens with zero attached hydrogens (tertiary/aromatic N) is 1. The summed E-state index contributed by atoms with van der Waals surface area (Å²) < 4.78 is 0. The van der Waals surface area contributed by atoms with Crippen molar-refractivity contribution in [3.05, 3.63) is 33.8 Å². The number of unbranched alkanes of at least 4 members (excludes halogenated alkanes) is 1. The minimum Gasteiger partial charge on any atom is -0.303 e. The second-order valence-electron chi connectivity index (χ2n) is 4.81. The van der Waals surface area contributed by atoms with Gasteiger partial charge in [0.25, 0.3) is 0 Å². The summed E-state index contributed by atoms with van der Waals surface area (Å²) in [4.78, 5) is 2.55. The van der Waals surface area contributed by atoms with Crippen molar-refractivity contribution in [1.29, 1.82) is 0 Å². The number of halogens is 2. The maximum atomic E-state index is 6.07. The number of likely N-dealkylation sites (tertiary alicyclic amines) is 1. The number of hydrogen-bond acceptors (Lipinski definition) is 1. The summed E-state index contributed by atoms with van der Waals surface area (Å²) >= 11 is 12.0. The second kappa shape index (κ2) is 6.08. The van der Waals surface area contributed by atoms with E-state index in [-0.39, 0.29) is 0 Å². The van der Waals surface area contributed by atoms with E-state index < -0.39 is 0 Å². The lowest BCUT2D eigenvalue weighted by molar-refractivity contribution is 0.328.